The lowest BCUT2D eigenvalue weighted by atomic mass is 10.3. The number of hydrogen-bond acceptors (Lipinski definition) is 3. The third-order valence-corrected chi connectivity index (χ3v) is 3.36. The minimum absolute atomic E-state index is 0.0549. The van der Waals surface area contributed by atoms with Crippen molar-refractivity contribution in [2.45, 2.75) is 6.61 Å². The molecule has 0 aliphatic carbocycles. The number of halogens is 3. The average molecular weight is 346 g/mol. The van der Waals surface area contributed by atoms with Gasteiger partial charge < -0.3 is 10.1 Å². The largest absolute Gasteiger partial charge is 0.488 e. The van der Waals surface area contributed by atoms with Gasteiger partial charge in [0.25, 0.3) is 0 Å². The van der Waals surface area contributed by atoms with Crippen LogP contribution in [0.3, 0.4) is 0 Å². The molecule has 1 N–H and O–H groups in total. The van der Waals surface area contributed by atoms with Crippen molar-refractivity contribution in [3.8, 4) is 5.75 Å². The molecule has 1 heterocycles. The molecule has 0 saturated carbocycles. The number of anilines is 1. The lowest BCUT2D eigenvalue weighted by molar-refractivity contribution is 0.302. The maximum Gasteiger partial charge on any atom is 0.145 e. The summed E-state index contributed by atoms with van der Waals surface area (Å²) in [4.78, 5) is 4.17. The van der Waals surface area contributed by atoms with Gasteiger partial charge in [0.2, 0.25) is 0 Å². The first-order valence-electron chi connectivity index (χ1n) is 5.50. The zero-order valence-electron chi connectivity index (χ0n) is 10.1. The van der Waals surface area contributed by atoms with E-state index in [1.807, 2.05) is 12.1 Å². The van der Waals surface area contributed by atoms with Crippen LogP contribution in [0.25, 0.3) is 0 Å². The minimum atomic E-state index is -0.511. The van der Waals surface area contributed by atoms with Gasteiger partial charge in [-0.05, 0) is 28.1 Å². The van der Waals surface area contributed by atoms with E-state index in [1.54, 1.807) is 13.2 Å². The van der Waals surface area contributed by atoms with Gasteiger partial charge in [0.15, 0.2) is 0 Å². The van der Waals surface area contributed by atoms with E-state index < -0.39 is 5.82 Å². The first kappa shape index (κ1) is 14.1. The summed E-state index contributed by atoms with van der Waals surface area (Å²) in [6.45, 7) is 0.302. The van der Waals surface area contributed by atoms with Crippen molar-refractivity contribution in [2.24, 2.45) is 0 Å². The number of pyridine rings is 1. The van der Waals surface area contributed by atoms with Crippen molar-refractivity contribution in [1.82, 2.24) is 4.98 Å². The van der Waals surface area contributed by atoms with Crippen LogP contribution in [-0.4, -0.2) is 12.0 Å². The Morgan fingerprint density at radius 2 is 2.21 bits per heavy atom. The third kappa shape index (κ3) is 3.58. The fourth-order valence-corrected chi connectivity index (χ4v) is 2.19. The molecular formula is C13H11BrClFN2O. The number of ether oxygens (including phenoxy) is 1. The van der Waals surface area contributed by atoms with Gasteiger partial charge in [0.1, 0.15) is 24.0 Å². The van der Waals surface area contributed by atoms with Gasteiger partial charge in [0.05, 0.1) is 9.50 Å². The lowest BCUT2D eigenvalue weighted by Crippen LogP contribution is -1.99. The molecule has 3 nitrogen and oxygen atoms in total. The third-order valence-electron chi connectivity index (χ3n) is 2.45. The Labute approximate surface area is 123 Å². The Morgan fingerprint density at radius 3 is 2.84 bits per heavy atom. The number of nitrogens with one attached hydrogen (secondary N) is 1. The maximum atomic E-state index is 13.3. The van der Waals surface area contributed by atoms with E-state index in [1.165, 1.54) is 12.1 Å². The van der Waals surface area contributed by atoms with Crippen LogP contribution in [0.1, 0.15) is 5.56 Å². The molecular weight excluding hydrogens is 335 g/mol. The summed E-state index contributed by atoms with van der Waals surface area (Å²) in [5.41, 5.74) is 0.890. The highest BCUT2D eigenvalue weighted by Crippen LogP contribution is 2.31. The minimum Gasteiger partial charge on any atom is -0.488 e. The summed E-state index contributed by atoms with van der Waals surface area (Å²) >= 11 is 8.93. The van der Waals surface area contributed by atoms with Gasteiger partial charge in [-0.1, -0.05) is 17.7 Å². The van der Waals surface area contributed by atoms with Gasteiger partial charge in [-0.2, -0.15) is 0 Å². The monoisotopic (exact) mass is 344 g/mol. The van der Waals surface area contributed by atoms with Crippen molar-refractivity contribution < 1.29 is 9.13 Å². The summed E-state index contributed by atoms with van der Waals surface area (Å²) in [6.07, 6.45) is 1.70. The molecule has 0 aliphatic heterocycles. The molecule has 1 aromatic carbocycles. The summed E-state index contributed by atoms with van der Waals surface area (Å²) in [7, 11) is 1.80. The maximum absolute atomic E-state index is 13.3. The first-order valence-corrected chi connectivity index (χ1v) is 6.67. The van der Waals surface area contributed by atoms with Gasteiger partial charge in [-0.3, -0.25) is 0 Å². The van der Waals surface area contributed by atoms with Gasteiger partial charge in [-0.15, -0.1) is 0 Å². The van der Waals surface area contributed by atoms with Crippen LogP contribution in [0.4, 0.5) is 10.2 Å². The summed E-state index contributed by atoms with van der Waals surface area (Å²) < 4.78 is 19.5. The molecule has 0 amide bonds. The van der Waals surface area contributed by atoms with E-state index in [-0.39, 0.29) is 5.02 Å². The van der Waals surface area contributed by atoms with Crippen molar-refractivity contribution in [3.63, 3.8) is 0 Å². The standard InChI is InChI=1S/C13H11BrClFN2O/c1-17-13-3-2-8(6-18-13)7-19-12-5-11(16)10(15)4-9(12)14/h2-6H,7H2,1H3,(H,17,18). The second-order valence-electron chi connectivity index (χ2n) is 3.79. The Morgan fingerprint density at radius 1 is 1.42 bits per heavy atom. The Bertz CT molecular complexity index is 578. The molecule has 6 heteroatoms. The predicted octanol–water partition coefficient (Wildman–Crippen LogP) is 4.26. The molecule has 2 rings (SSSR count). The van der Waals surface area contributed by atoms with Crippen LogP contribution in [-0.2, 0) is 6.61 Å². The van der Waals surface area contributed by atoms with E-state index in [9.17, 15) is 4.39 Å². The highest BCUT2D eigenvalue weighted by atomic mass is 79.9. The van der Waals surface area contributed by atoms with Gasteiger partial charge in [0, 0.05) is 24.9 Å². The molecule has 2 aromatic rings. The summed E-state index contributed by atoms with van der Waals surface area (Å²) in [5, 5.41) is 2.98. The molecule has 0 aliphatic rings. The summed E-state index contributed by atoms with van der Waals surface area (Å²) in [5.74, 6) is 0.672. The topological polar surface area (TPSA) is 34.1 Å². The number of benzene rings is 1. The van der Waals surface area contributed by atoms with Crippen LogP contribution in [0.15, 0.2) is 34.9 Å². The SMILES string of the molecule is CNc1ccc(COc2cc(F)c(Cl)cc2Br)cn1. The Kier molecular flexibility index (Phi) is 4.61. The van der Waals surface area contributed by atoms with Crippen LogP contribution < -0.4 is 10.1 Å². The molecule has 1 aromatic heterocycles. The van der Waals surface area contributed by atoms with E-state index in [2.05, 4.69) is 26.2 Å². The molecule has 0 radical (unpaired) electrons. The second kappa shape index (κ2) is 6.21. The zero-order valence-corrected chi connectivity index (χ0v) is 12.4. The molecule has 0 unspecified atom stereocenters. The fourth-order valence-electron chi connectivity index (χ4n) is 1.43. The number of aromatic nitrogens is 1. The second-order valence-corrected chi connectivity index (χ2v) is 5.05. The lowest BCUT2D eigenvalue weighted by Gasteiger charge is -2.09. The Balaban J connectivity index is 2.07. The first-order chi connectivity index (χ1) is 9.10. The molecule has 0 saturated heterocycles. The Hall–Kier alpha value is -1.33. The van der Waals surface area contributed by atoms with Crippen molar-refractivity contribution in [3.05, 3.63) is 51.3 Å². The number of hydrogen-bond donors (Lipinski definition) is 1. The highest BCUT2D eigenvalue weighted by molar-refractivity contribution is 9.10. The van der Waals surface area contributed by atoms with Crippen LogP contribution in [0.2, 0.25) is 5.02 Å². The fraction of sp³-hybridized carbons (Fsp3) is 0.154. The molecule has 100 valence electrons. The van der Waals surface area contributed by atoms with Crippen molar-refractivity contribution >= 4 is 33.3 Å². The van der Waals surface area contributed by atoms with Crippen LogP contribution in [0, 0.1) is 5.82 Å². The smallest absolute Gasteiger partial charge is 0.145 e. The highest BCUT2D eigenvalue weighted by Gasteiger charge is 2.08. The average Bonchev–Trinajstić information content (AvgIpc) is 2.42. The predicted molar refractivity (Wildman–Crippen MR) is 77.2 cm³/mol. The number of rotatable bonds is 4. The quantitative estimate of drug-likeness (QED) is 0.841. The molecule has 0 fully saturated rings. The van der Waals surface area contributed by atoms with E-state index in [0.29, 0.717) is 16.8 Å². The van der Waals surface area contributed by atoms with Crippen molar-refractivity contribution in [1.29, 1.82) is 0 Å². The zero-order chi connectivity index (χ0) is 13.8. The molecule has 0 spiro atoms. The van der Waals surface area contributed by atoms with Gasteiger partial charge in [-0.25, -0.2) is 9.37 Å². The van der Waals surface area contributed by atoms with E-state index in [0.717, 1.165) is 11.4 Å². The van der Waals surface area contributed by atoms with E-state index in [4.69, 9.17) is 16.3 Å². The molecule has 0 atom stereocenters. The van der Waals surface area contributed by atoms with Crippen LogP contribution in [0.5, 0.6) is 5.75 Å². The van der Waals surface area contributed by atoms with Gasteiger partial charge >= 0.3 is 0 Å². The van der Waals surface area contributed by atoms with Crippen LogP contribution >= 0.6 is 27.5 Å². The molecule has 0 bridgehead atoms. The summed E-state index contributed by atoms with van der Waals surface area (Å²) in [6, 6.07) is 6.45. The van der Waals surface area contributed by atoms with Crippen molar-refractivity contribution in [2.75, 3.05) is 12.4 Å². The molecule has 19 heavy (non-hydrogen) atoms. The van der Waals surface area contributed by atoms with E-state index >= 15 is 0 Å². The normalized spacial score (nSPS) is 10.3. The number of nitrogens with zero attached hydrogens (tertiary/aromatic N) is 1.